The molecule has 0 fully saturated rings. The SMILES string of the molecule is CC(Oc1ccc2ccccc2c1)C(=O)NN=Cc1cccc(Cl)c1. The van der Waals surface area contributed by atoms with Gasteiger partial charge in [-0.2, -0.15) is 5.10 Å². The molecule has 1 N–H and O–H groups in total. The van der Waals surface area contributed by atoms with Crippen molar-refractivity contribution in [2.45, 2.75) is 13.0 Å². The van der Waals surface area contributed by atoms with Gasteiger partial charge in [0.05, 0.1) is 6.21 Å². The molecule has 4 nitrogen and oxygen atoms in total. The van der Waals surface area contributed by atoms with Crippen molar-refractivity contribution in [2.24, 2.45) is 5.10 Å². The van der Waals surface area contributed by atoms with Gasteiger partial charge >= 0.3 is 0 Å². The molecule has 0 aliphatic carbocycles. The van der Waals surface area contributed by atoms with E-state index in [2.05, 4.69) is 10.5 Å². The van der Waals surface area contributed by atoms with Gasteiger partial charge in [0, 0.05) is 5.02 Å². The van der Waals surface area contributed by atoms with Gasteiger partial charge in [0.2, 0.25) is 0 Å². The van der Waals surface area contributed by atoms with Crippen LogP contribution in [0.25, 0.3) is 10.8 Å². The Bertz CT molecular complexity index is 924. The molecule has 0 saturated heterocycles. The third kappa shape index (κ3) is 4.58. The summed E-state index contributed by atoms with van der Waals surface area (Å²) in [4.78, 5) is 12.1. The summed E-state index contributed by atoms with van der Waals surface area (Å²) in [5.74, 6) is 0.312. The first-order valence-electron chi connectivity index (χ1n) is 7.86. The van der Waals surface area contributed by atoms with Crippen LogP contribution in [0.4, 0.5) is 0 Å². The highest BCUT2D eigenvalue weighted by Crippen LogP contribution is 2.21. The summed E-state index contributed by atoms with van der Waals surface area (Å²) in [6, 6.07) is 20.9. The van der Waals surface area contributed by atoms with E-state index < -0.39 is 6.10 Å². The van der Waals surface area contributed by atoms with Gasteiger partial charge in [-0.1, -0.05) is 54.1 Å². The molecular formula is C20H17ClN2O2. The van der Waals surface area contributed by atoms with Gasteiger partial charge in [0.1, 0.15) is 5.75 Å². The van der Waals surface area contributed by atoms with Crippen LogP contribution >= 0.6 is 11.6 Å². The Morgan fingerprint density at radius 2 is 1.88 bits per heavy atom. The first-order chi connectivity index (χ1) is 12.1. The van der Waals surface area contributed by atoms with E-state index in [1.165, 1.54) is 6.21 Å². The molecular weight excluding hydrogens is 336 g/mol. The lowest BCUT2D eigenvalue weighted by Gasteiger charge is -2.13. The van der Waals surface area contributed by atoms with Crippen LogP contribution in [0.5, 0.6) is 5.75 Å². The molecule has 0 bridgehead atoms. The molecule has 0 radical (unpaired) electrons. The Morgan fingerprint density at radius 1 is 1.08 bits per heavy atom. The number of carbonyl (C=O) groups excluding carboxylic acids is 1. The summed E-state index contributed by atoms with van der Waals surface area (Å²) in [6.45, 7) is 1.68. The minimum absolute atomic E-state index is 0.327. The molecule has 3 aromatic carbocycles. The Hall–Kier alpha value is -2.85. The number of hydrogen-bond acceptors (Lipinski definition) is 3. The van der Waals surface area contributed by atoms with E-state index in [0.29, 0.717) is 10.8 Å². The van der Waals surface area contributed by atoms with E-state index >= 15 is 0 Å². The summed E-state index contributed by atoms with van der Waals surface area (Å²) < 4.78 is 5.70. The average Bonchev–Trinajstić information content (AvgIpc) is 2.61. The van der Waals surface area contributed by atoms with Gasteiger partial charge in [-0.25, -0.2) is 5.43 Å². The molecule has 3 rings (SSSR count). The lowest BCUT2D eigenvalue weighted by atomic mass is 10.1. The number of ether oxygens (including phenoxy) is 1. The Morgan fingerprint density at radius 3 is 2.68 bits per heavy atom. The molecule has 1 atom stereocenters. The van der Waals surface area contributed by atoms with Crippen molar-refractivity contribution in [3.05, 3.63) is 77.3 Å². The molecule has 0 saturated carbocycles. The van der Waals surface area contributed by atoms with Crippen molar-refractivity contribution in [2.75, 3.05) is 0 Å². The largest absolute Gasteiger partial charge is 0.481 e. The van der Waals surface area contributed by atoms with Gasteiger partial charge in [0.15, 0.2) is 6.10 Å². The summed E-state index contributed by atoms with van der Waals surface area (Å²) in [7, 11) is 0. The van der Waals surface area contributed by atoms with Crippen LogP contribution in [0.15, 0.2) is 71.8 Å². The first-order valence-corrected chi connectivity index (χ1v) is 8.23. The maximum absolute atomic E-state index is 12.1. The smallest absolute Gasteiger partial charge is 0.280 e. The summed E-state index contributed by atoms with van der Waals surface area (Å²) in [5.41, 5.74) is 3.27. The predicted octanol–water partition coefficient (Wildman–Crippen LogP) is 4.41. The van der Waals surface area contributed by atoms with Crippen molar-refractivity contribution in [1.29, 1.82) is 0 Å². The zero-order valence-corrected chi connectivity index (χ0v) is 14.4. The molecule has 126 valence electrons. The number of nitrogens with one attached hydrogen (secondary N) is 1. The van der Waals surface area contributed by atoms with Crippen LogP contribution in [0.1, 0.15) is 12.5 Å². The zero-order chi connectivity index (χ0) is 17.6. The molecule has 3 aromatic rings. The molecule has 0 aliphatic rings. The average molecular weight is 353 g/mol. The molecule has 1 amide bonds. The third-order valence-electron chi connectivity index (χ3n) is 3.64. The van der Waals surface area contributed by atoms with E-state index in [-0.39, 0.29) is 5.91 Å². The Labute approximate surface area is 151 Å². The number of hydrazone groups is 1. The van der Waals surface area contributed by atoms with Crippen LogP contribution < -0.4 is 10.2 Å². The number of carbonyl (C=O) groups is 1. The number of rotatable bonds is 5. The normalized spacial score (nSPS) is 12.2. The fourth-order valence-corrected chi connectivity index (χ4v) is 2.55. The molecule has 25 heavy (non-hydrogen) atoms. The van der Waals surface area contributed by atoms with Crippen LogP contribution in [0.3, 0.4) is 0 Å². The van der Waals surface area contributed by atoms with Gasteiger partial charge in [-0.05, 0) is 47.5 Å². The first kappa shape index (κ1) is 17.0. The number of halogens is 1. The second-order valence-corrected chi connectivity index (χ2v) is 5.99. The standard InChI is InChI=1S/C20H17ClN2O2/c1-14(20(24)23-22-13-15-5-4-8-18(21)11-15)25-19-10-9-16-6-2-3-7-17(16)12-19/h2-14H,1H3,(H,23,24). The minimum atomic E-state index is -0.669. The van der Waals surface area contributed by atoms with Crippen LogP contribution in [0, 0.1) is 0 Å². The van der Waals surface area contributed by atoms with Crippen molar-refractivity contribution < 1.29 is 9.53 Å². The molecule has 0 aliphatic heterocycles. The van der Waals surface area contributed by atoms with Gasteiger partial charge in [0.25, 0.3) is 5.91 Å². The number of fused-ring (bicyclic) bond motifs is 1. The fraction of sp³-hybridized carbons (Fsp3) is 0.100. The summed E-state index contributed by atoms with van der Waals surface area (Å²) in [6.07, 6.45) is 0.865. The molecule has 5 heteroatoms. The second-order valence-electron chi connectivity index (χ2n) is 5.56. The zero-order valence-electron chi connectivity index (χ0n) is 13.6. The van der Waals surface area contributed by atoms with E-state index in [1.807, 2.05) is 54.6 Å². The lowest BCUT2D eigenvalue weighted by molar-refractivity contribution is -0.127. The van der Waals surface area contributed by atoms with Crippen LogP contribution in [-0.4, -0.2) is 18.2 Å². The van der Waals surface area contributed by atoms with Gasteiger partial charge < -0.3 is 4.74 Å². The lowest BCUT2D eigenvalue weighted by Crippen LogP contribution is -2.33. The van der Waals surface area contributed by atoms with Gasteiger partial charge in [-0.15, -0.1) is 0 Å². The summed E-state index contributed by atoms with van der Waals surface area (Å²) in [5, 5.41) is 6.73. The van der Waals surface area contributed by atoms with Gasteiger partial charge in [-0.3, -0.25) is 4.79 Å². The minimum Gasteiger partial charge on any atom is -0.481 e. The molecule has 0 heterocycles. The second kappa shape index (κ2) is 7.81. The topological polar surface area (TPSA) is 50.7 Å². The summed E-state index contributed by atoms with van der Waals surface area (Å²) >= 11 is 5.90. The highest BCUT2D eigenvalue weighted by atomic mass is 35.5. The number of nitrogens with zero attached hydrogens (tertiary/aromatic N) is 1. The highest BCUT2D eigenvalue weighted by molar-refractivity contribution is 6.30. The fourth-order valence-electron chi connectivity index (χ4n) is 2.35. The van der Waals surface area contributed by atoms with E-state index in [4.69, 9.17) is 16.3 Å². The Balaban J connectivity index is 1.59. The quantitative estimate of drug-likeness (QED) is 0.546. The van der Waals surface area contributed by atoms with Crippen molar-refractivity contribution in [1.82, 2.24) is 5.43 Å². The Kier molecular flexibility index (Phi) is 5.31. The number of amides is 1. The van der Waals surface area contributed by atoms with Crippen molar-refractivity contribution >= 4 is 34.5 Å². The maximum atomic E-state index is 12.1. The van der Waals surface area contributed by atoms with E-state index in [1.54, 1.807) is 19.1 Å². The predicted molar refractivity (Wildman–Crippen MR) is 101 cm³/mol. The van der Waals surface area contributed by atoms with Crippen LogP contribution in [0.2, 0.25) is 5.02 Å². The number of benzene rings is 3. The van der Waals surface area contributed by atoms with Crippen LogP contribution in [-0.2, 0) is 4.79 Å². The molecule has 1 unspecified atom stereocenters. The maximum Gasteiger partial charge on any atom is 0.280 e. The van der Waals surface area contributed by atoms with Crippen molar-refractivity contribution in [3.63, 3.8) is 0 Å². The third-order valence-corrected chi connectivity index (χ3v) is 3.88. The van der Waals surface area contributed by atoms with E-state index in [9.17, 15) is 4.79 Å². The number of hydrogen-bond donors (Lipinski definition) is 1. The highest BCUT2D eigenvalue weighted by Gasteiger charge is 2.14. The molecule has 0 spiro atoms. The van der Waals surface area contributed by atoms with E-state index in [0.717, 1.165) is 16.3 Å². The molecule has 0 aromatic heterocycles. The van der Waals surface area contributed by atoms with Crippen molar-refractivity contribution in [3.8, 4) is 5.75 Å². The monoisotopic (exact) mass is 352 g/mol.